The Balaban J connectivity index is 2.40. The molecule has 5 heteroatoms. The number of amides is 1. The quantitative estimate of drug-likeness (QED) is 0.742. The van der Waals surface area contributed by atoms with Crippen molar-refractivity contribution >= 4 is 17.7 Å². The number of carbonyl (C=O) groups is 2. The zero-order chi connectivity index (χ0) is 14.1. The van der Waals surface area contributed by atoms with Gasteiger partial charge in [-0.25, -0.2) is 4.79 Å². The Morgan fingerprint density at radius 1 is 1.32 bits per heavy atom. The van der Waals surface area contributed by atoms with E-state index < -0.39 is 12.1 Å². The number of carboxylic acid groups (broad SMARTS) is 1. The minimum absolute atomic E-state index is 0.161. The van der Waals surface area contributed by atoms with Gasteiger partial charge in [0.2, 0.25) is 0 Å². The highest BCUT2D eigenvalue weighted by Gasteiger charge is 2.02. The van der Waals surface area contributed by atoms with Gasteiger partial charge >= 0.3 is 12.1 Å². The molecule has 5 nitrogen and oxygen atoms in total. The minimum Gasteiger partial charge on any atom is -0.481 e. The zero-order valence-electron chi connectivity index (χ0n) is 10.6. The molecule has 1 aromatic rings. The maximum Gasteiger partial charge on any atom is 0.411 e. The standard InChI is InChI=1S/C14H17NO4/c1-2-10-19-14(18)15-12-8-6-11(7-9-12)4-3-5-13(16)17/h2,6-9H,1,3-5,10H2,(H,15,18)(H,16,17). The van der Waals surface area contributed by atoms with Crippen LogP contribution in [0.1, 0.15) is 18.4 Å². The monoisotopic (exact) mass is 263 g/mol. The SMILES string of the molecule is C=CCOC(=O)Nc1ccc(CCCC(=O)O)cc1. The van der Waals surface area contributed by atoms with Gasteiger partial charge in [0.25, 0.3) is 0 Å². The fourth-order valence-corrected chi connectivity index (χ4v) is 1.49. The van der Waals surface area contributed by atoms with E-state index in [2.05, 4.69) is 11.9 Å². The normalized spacial score (nSPS) is 9.68. The fourth-order valence-electron chi connectivity index (χ4n) is 1.49. The van der Waals surface area contributed by atoms with Gasteiger partial charge in [-0.05, 0) is 30.5 Å². The summed E-state index contributed by atoms with van der Waals surface area (Å²) in [5.74, 6) is -0.789. The van der Waals surface area contributed by atoms with Crippen molar-refractivity contribution in [2.45, 2.75) is 19.3 Å². The van der Waals surface area contributed by atoms with E-state index in [9.17, 15) is 9.59 Å². The molecule has 0 spiro atoms. The molecule has 0 fully saturated rings. The largest absolute Gasteiger partial charge is 0.481 e. The number of hydrogen-bond donors (Lipinski definition) is 2. The third-order valence-corrected chi connectivity index (χ3v) is 2.39. The average Bonchev–Trinajstić information content (AvgIpc) is 2.38. The first-order chi connectivity index (χ1) is 9.11. The molecule has 0 aromatic heterocycles. The molecule has 102 valence electrons. The predicted molar refractivity (Wildman–Crippen MR) is 72.2 cm³/mol. The molecule has 0 atom stereocenters. The van der Waals surface area contributed by atoms with Gasteiger partial charge in [0, 0.05) is 12.1 Å². The number of carbonyl (C=O) groups excluding carboxylic acids is 1. The molecule has 0 aliphatic carbocycles. The molecule has 0 unspecified atom stereocenters. The lowest BCUT2D eigenvalue weighted by Crippen LogP contribution is -2.13. The minimum atomic E-state index is -0.789. The molecule has 0 radical (unpaired) electrons. The smallest absolute Gasteiger partial charge is 0.411 e. The Morgan fingerprint density at radius 2 is 2.00 bits per heavy atom. The van der Waals surface area contributed by atoms with Crippen LogP contribution in [0.15, 0.2) is 36.9 Å². The third-order valence-electron chi connectivity index (χ3n) is 2.39. The molecule has 1 aromatic carbocycles. The fraction of sp³-hybridized carbons (Fsp3) is 0.286. The van der Waals surface area contributed by atoms with Crippen LogP contribution in [0.4, 0.5) is 10.5 Å². The van der Waals surface area contributed by atoms with Crippen molar-refractivity contribution < 1.29 is 19.4 Å². The Kier molecular flexibility index (Phi) is 6.15. The number of hydrogen-bond acceptors (Lipinski definition) is 3. The lowest BCUT2D eigenvalue weighted by Gasteiger charge is -2.06. The topological polar surface area (TPSA) is 75.6 Å². The summed E-state index contributed by atoms with van der Waals surface area (Å²) in [4.78, 5) is 21.6. The van der Waals surface area contributed by atoms with Crippen molar-refractivity contribution in [2.75, 3.05) is 11.9 Å². The van der Waals surface area contributed by atoms with Crippen molar-refractivity contribution in [3.8, 4) is 0 Å². The van der Waals surface area contributed by atoms with E-state index in [0.717, 1.165) is 5.56 Å². The van der Waals surface area contributed by atoms with Crippen molar-refractivity contribution in [1.82, 2.24) is 0 Å². The summed E-state index contributed by atoms with van der Waals surface area (Å²) in [6.07, 6.45) is 2.43. The van der Waals surface area contributed by atoms with E-state index in [0.29, 0.717) is 18.5 Å². The van der Waals surface area contributed by atoms with Crippen LogP contribution in [-0.2, 0) is 16.0 Å². The molecule has 19 heavy (non-hydrogen) atoms. The summed E-state index contributed by atoms with van der Waals surface area (Å²) >= 11 is 0. The van der Waals surface area contributed by atoms with E-state index in [1.54, 1.807) is 12.1 Å². The summed E-state index contributed by atoms with van der Waals surface area (Å²) in [7, 11) is 0. The first-order valence-electron chi connectivity index (χ1n) is 5.97. The van der Waals surface area contributed by atoms with Gasteiger partial charge in [-0.1, -0.05) is 24.8 Å². The van der Waals surface area contributed by atoms with Gasteiger partial charge in [0.1, 0.15) is 6.61 Å². The molecule has 0 aliphatic rings. The van der Waals surface area contributed by atoms with E-state index in [1.807, 2.05) is 12.1 Å². The Morgan fingerprint density at radius 3 is 2.58 bits per heavy atom. The van der Waals surface area contributed by atoms with E-state index in [4.69, 9.17) is 9.84 Å². The average molecular weight is 263 g/mol. The van der Waals surface area contributed by atoms with Gasteiger partial charge in [0.15, 0.2) is 0 Å². The summed E-state index contributed by atoms with van der Waals surface area (Å²) in [6.45, 7) is 3.61. The van der Waals surface area contributed by atoms with Crippen molar-refractivity contribution in [3.63, 3.8) is 0 Å². The number of carboxylic acids is 1. The van der Waals surface area contributed by atoms with Crippen LogP contribution in [-0.4, -0.2) is 23.8 Å². The van der Waals surface area contributed by atoms with Crippen molar-refractivity contribution in [2.24, 2.45) is 0 Å². The second kappa shape index (κ2) is 7.92. The molecule has 1 rings (SSSR count). The summed E-state index contributed by atoms with van der Waals surface area (Å²) in [5.41, 5.74) is 1.67. The summed E-state index contributed by atoms with van der Waals surface area (Å²) < 4.78 is 4.78. The van der Waals surface area contributed by atoms with Gasteiger partial charge in [-0.2, -0.15) is 0 Å². The summed E-state index contributed by atoms with van der Waals surface area (Å²) in [6, 6.07) is 7.21. The van der Waals surface area contributed by atoms with Crippen LogP contribution < -0.4 is 5.32 Å². The highest BCUT2D eigenvalue weighted by Crippen LogP contribution is 2.12. The maximum atomic E-state index is 11.3. The molecular formula is C14H17NO4. The van der Waals surface area contributed by atoms with Crippen molar-refractivity contribution in [1.29, 1.82) is 0 Å². The molecule has 0 saturated heterocycles. The number of benzene rings is 1. The Bertz CT molecular complexity index is 439. The van der Waals surface area contributed by atoms with Gasteiger partial charge < -0.3 is 9.84 Å². The lowest BCUT2D eigenvalue weighted by atomic mass is 10.1. The second-order valence-electron chi connectivity index (χ2n) is 3.96. The number of aliphatic carboxylic acids is 1. The second-order valence-corrected chi connectivity index (χ2v) is 3.96. The Labute approximate surface area is 111 Å². The van der Waals surface area contributed by atoms with Gasteiger partial charge in [-0.15, -0.1) is 0 Å². The van der Waals surface area contributed by atoms with E-state index in [-0.39, 0.29) is 13.0 Å². The molecular weight excluding hydrogens is 246 g/mol. The van der Waals surface area contributed by atoms with Crippen LogP contribution >= 0.6 is 0 Å². The van der Waals surface area contributed by atoms with Crippen LogP contribution in [0.3, 0.4) is 0 Å². The van der Waals surface area contributed by atoms with Crippen LogP contribution in [0.25, 0.3) is 0 Å². The highest BCUT2D eigenvalue weighted by molar-refractivity contribution is 5.84. The number of nitrogens with one attached hydrogen (secondary N) is 1. The number of ether oxygens (including phenoxy) is 1. The molecule has 0 saturated carbocycles. The number of rotatable bonds is 7. The van der Waals surface area contributed by atoms with Crippen molar-refractivity contribution in [3.05, 3.63) is 42.5 Å². The molecule has 0 aliphatic heterocycles. The molecule has 0 heterocycles. The molecule has 0 bridgehead atoms. The molecule has 2 N–H and O–H groups in total. The lowest BCUT2D eigenvalue weighted by molar-refractivity contribution is -0.137. The molecule has 1 amide bonds. The first kappa shape index (κ1) is 14.8. The zero-order valence-corrected chi connectivity index (χ0v) is 10.6. The first-order valence-corrected chi connectivity index (χ1v) is 5.97. The number of anilines is 1. The van der Waals surface area contributed by atoms with E-state index >= 15 is 0 Å². The van der Waals surface area contributed by atoms with Gasteiger partial charge in [0.05, 0.1) is 0 Å². The number of aryl methyl sites for hydroxylation is 1. The predicted octanol–water partition coefficient (Wildman–Crippen LogP) is 2.83. The highest BCUT2D eigenvalue weighted by atomic mass is 16.5. The maximum absolute atomic E-state index is 11.3. The van der Waals surface area contributed by atoms with Crippen LogP contribution in [0, 0.1) is 0 Å². The van der Waals surface area contributed by atoms with Gasteiger partial charge in [-0.3, -0.25) is 10.1 Å². The van der Waals surface area contributed by atoms with Crippen LogP contribution in [0.5, 0.6) is 0 Å². The summed E-state index contributed by atoms with van der Waals surface area (Å²) in [5, 5.41) is 11.1. The van der Waals surface area contributed by atoms with Crippen LogP contribution in [0.2, 0.25) is 0 Å². The third kappa shape index (κ3) is 6.26. The van der Waals surface area contributed by atoms with E-state index in [1.165, 1.54) is 6.08 Å². The Hall–Kier alpha value is -2.30.